The molecule has 200 valence electrons. The summed E-state index contributed by atoms with van der Waals surface area (Å²) in [7, 11) is -4.76. The summed E-state index contributed by atoms with van der Waals surface area (Å²) in [5, 5.41) is 25.5. The van der Waals surface area contributed by atoms with Crippen LogP contribution in [0.25, 0.3) is 0 Å². The van der Waals surface area contributed by atoms with Gasteiger partial charge in [0.2, 0.25) is 11.8 Å². The zero-order chi connectivity index (χ0) is 27.8. The lowest BCUT2D eigenvalue weighted by Crippen LogP contribution is -2.53. The Kier molecular flexibility index (Phi) is 10.3. The molecule has 0 saturated heterocycles. The van der Waals surface area contributed by atoms with Crippen LogP contribution in [0.15, 0.2) is 48.5 Å². The van der Waals surface area contributed by atoms with Crippen LogP contribution in [-0.4, -0.2) is 49.7 Å². The van der Waals surface area contributed by atoms with Crippen LogP contribution in [0.3, 0.4) is 0 Å². The van der Waals surface area contributed by atoms with Crippen molar-refractivity contribution in [3.63, 3.8) is 0 Å². The number of nitro groups is 1. The third kappa shape index (κ3) is 10.4. The number of nitrogens with one attached hydrogen (secondary N) is 2. The molecule has 0 radical (unpaired) electrons. The maximum absolute atomic E-state index is 13.0. The molecule has 0 bridgehead atoms. The summed E-state index contributed by atoms with van der Waals surface area (Å²) < 4.78 is 15.5. The van der Waals surface area contributed by atoms with Crippen molar-refractivity contribution in [3.8, 4) is 5.75 Å². The van der Waals surface area contributed by atoms with Gasteiger partial charge in [-0.1, -0.05) is 38.1 Å². The quantitative estimate of drug-likeness (QED) is 0.143. The standard InChI is InChI=1S/C23H28N3O10P/c1-14(2)10-20(23(29)30)25-22(28)19(12-15-6-8-18(9-7-15)36-37(33,34)35)24-21(27)13-16-4-3-5-17(11-16)26(31)32/h3-9,11,14,19-20H,10,12-13H2,1-2H3,(H,24,27)(H,25,28)(H,29,30)(H2,33,34,35). The van der Waals surface area contributed by atoms with Crippen LogP contribution >= 0.6 is 7.82 Å². The van der Waals surface area contributed by atoms with E-state index in [-0.39, 0.29) is 36.6 Å². The fourth-order valence-electron chi connectivity index (χ4n) is 3.44. The van der Waals surface area contributed by atoms with Crippen molar-refractivity contribution < 1.29 is 43.3 Å². The van der Waals surface area contributed by atoms with Gasteiger partial charge in [-0.2, -0.15) is 0 Å². The first-order valence-electron chi connectivity index (χ1n) is 11.1. The summed E-state index contributed by atoms with van der Waals surface area (Å²) in [5.74, 6) is -2.77. The highest BCUT2D eigenvalue weighted by Gasteiger charge is 2.27. The molecule has 0 aromatic heterocycles. The topological polar surface area (TPSA) is 205 Å². The summed E-state index contributed by atoms with van der Waals surface area (Å²) in [5.41, 5.74) is 0.618. The molecule has 14 heteroatoms. The molecule has 0 aliphatic rings. The van der Waals surface area contributed by atoms with Gasteiger partial charge in [0.15, 0.2) is 0 Å². The van der Waals surface area contributed by atoms with Crippen molar-refractivity contribution in [1.82, 2.24) is 10.6 Å². The monoisotopic (exact) mass is 537 g/mol. The zero-order valence-electron chi connectivity index (χ0n) is 20.1. The van der Waals surface area contributed by atoms with E-state index in [9.17, 15) is 34.2 Å². The fourth-order valence-corrected chi connectivity index (χ4v) is 3.84. The molecule has 2 rings (SSSR count). The fraction of sp³-hybridized carbons (Fsp3) is 0.348. The van der Waals surface area contributed by atoms with Gasteiger partial charge < -0.3 is 20.3 Å². The first kappa shape index (κ1) is 29.4. The van der Waals surface area contributed by atoms with Crippen molar-refractivity contribution in [2.75, 3.05) is 0 Å². The average molecular weight is 537 g/mol. The molecule has 2 unspecified atom stereocenters. The Labute approximate surface area is 212 Å². The maximum atomic E-state index is 13.0. The minimum absolute atomic E-state index is 0.0371. The molecule has 2 amide bonds. The third-order valence-electron chi connectivity index (χ3n) is 5.05. The van der Waals surface area contributed by atoms with Gasteiger partial charge in [0.1, 0.15) is 17.8 Å². The van der Waals surface area contributed by atoms with Gasteiger partial charge in [0, 0.05) is 18.6 Å². The van der Waals surface area contributed by atoms with Crippen LogP contribution in [0.2, 0.25) is 0 Å². The van der Waals surface area contributed by atoms with Gasteiger partial charge >= 0.3 is 13.8 Å². The van der Waals surface area contributed by atoms with Gasteiger partial charge in [-0.05, 0) is 35.6 Å². The van der Waals surface area contributed by atoms with Crippen LogP contribution < -0.4 is 15.2 Å². The van der Waals surface area contributed by atoms with Crippen molar-refractivity contribution in [1.29, 1.82) is 0 Å². The number of nitro benzene ring substituents is 1. The van der Waals surface area contributed by atoms with Gasteiger partial charge in [0.25, 0.3) is 5.69 Å². The molecule has 0 heterocycles. The van der Waals surface area contributed by atoms with Gasteiger partial charge in [-0.3, -0.25) is 29.5 Å². The van der Waals surface area contributed by atoms with E-state index >= 15 is 0 Å². The van der Waals surface area contributed by atoms with E-state index < -0.39 is 42.6 Å². The number of benzene rings is 2. The molecule has 0 aliphatic heterocycles. The van der Waals surface area contributed by atoms with Crippen LogP contribution in [0.5, 0.6) is 5.75 Å². The van der Waals surface area contributed by atoms with Gasteiger partial charge in [-0.15, -0.1) is 0 Å². The molecular formula is C23H28N3O10P. The van der Waals surface area contributed by atoms with Crippen molar-refractivity contribution in [3.05, 3.63) is 69.8 Å². The molecule has 5 N–H and O–H groups in total. The summed E-state index contributed by atoms with van der Waals surface area (Å²) in [4.78, 5) is 65.6. The van der Waals surface area contributed by atoms with Gasteiger partial charge in [0.05, 0.1) is 11.3 Å². The normalized spacial score (nSPS) is 12.9. The lowest BCUT2D eigenvalue weighted by Gasteiger charge is -2.22. The minimum Gasteiger partial charge on any atom is -0.480 e. The van der Waals surface area contributed by atoms with E-state index in [1.807, 2.05) is 0 Å². The highest BCUT2D eigenvalue weighted by Crippen LogP contribution is 2.37. The Bertz CT molecular complexity index is 1180. The zero-order valence-corrected chi connectivity index (χ0v) is 21.0. The molecule has 0 saturated carbocycles. The van der Waals surface area contributed by atoms with Gasteiger partial charge in [-0.25, -0.2) is 9.36 Å². The summed E-state index contributed by atoms with van der Waals surface area (Å²) in [6, 6.07) is 8.45. The lowest BCUT2D eigenvalue weighted by molar-refractivity contribution is -0.384. The van der Waals surface area contributed by atoms with E-state index in [0.29, 0.717) is 11.1 Å². The predicted octanol–water partition coefficient (Wildman–Crippen LogP) is 1.95. The second-order valence-corrected chi connectivity index (χ2v) is 9.85. The van der Waals surface area contributed by atoms with Crippen LogP contribution in [-0.2, 0) is 31.8 Å². The summed E-state index contributed by atoms with van der Waals surface area (Å²) in [6.45, 7) is 3.59. The van der Waals surface area contributed by atoms with E-state index in [1.165, 1.54) is 48.5 Å². The minimum atomic E-state index is -4.76. The van der Waals surface area contributed by atoms with Crippen LogP contribution in [0, 0.1) is 16.0 Å². The smallest absolute Gasteiger partial charge is 0.480 e. The molecule has 2 atom stereocenters. The Balaban J connectivity index is 2.22. The lowest BCUT2D eigenvalue weighted by atomic mass is 10.0. The molecule has 2 aromatic rings. The molecule has 2 aromatic carbocycles. The number of non-ortho nitro benzene ring substituents is 1. The molecule has 0 spiro atoms. The first-order valence-corrected chi connectivity index (χ1v) is 12.7. The molecule has 0 aliphatic carbocycles. The molecular weight excluding hydrogens is 509 g/mol. The van der Waals surface area contributed by atoms with E-state index in [4.69, 9.17) is 9.79 Å². The van der Waals surface area contributed by atoms with Crippen LogP contribution in [0.4, 0.5) is 5.69 Å². The summed E-state index contributed by atoms with van der Waals surface area (Å²) >= 11 is 0. The first-order chi connectivity index (χ1) is 17.2. The number of carboxylic acids is 1. The van der Waals surface area contributed by atoms with E-state index in [1.54, 1.807) is 13.8 Å². The number of rotatable bonds is 13. The number of carboxylic acid groups (broad SMARTS) is 1. The average Bonchev–Trinajstić information content (AvgIpc) is 2.78. The number of hydrogen-bond acceptors (Lipinski definition) is 7. The number of aliphatic carboxylic acids is 1. The third-order valence-corrected chi connectivity index (χ3v) is 5.50. The largest absolute Gasteiger partial charge is 0.524 e. The van der Waals surface area contributed by atoms with Crippen molar-refractivity contribution in [2.45, 2.75) is 45.2 Å². The predicted molar refractivity (Wildman–Crippen MR) is 131 cm³/mol. The number of phosphoric ester groups is 1. The molecule has 0 fully saturated rings. The van der Waals surface area contributed by atoms with Crippen molar-refractivity contribution in [2.24, 2.45) is 5.92 Å². The highest BCUT2D eigenvalue weighted by atomic mass is 31.2. The van der Waals surface area contributed by atoms with Crippen molar-refractivity contribution >= 4 is 31.3 Å². The molecule has 37 heavy (non-hydrogen) atoms. The Hall–Kier alpha value is -3.80. The number of phosphoric acid groups is 1. The Morgan fingerprint density at radius 1 is 1.03 bits per heavy atom. The Morgan fingerprint density at radius 3 is 2.22 bits per heavy atom. The van der Waals surface area contributed by atoms with Crippen LogP contribution in [0.1, 0.15) is 31.4 Å². The number of carbonyl (C=O) groups is 3. The SMILES string of the molecule is CC(C)CC(NC(=O)C(Cc1ccc(OP(=O)(O)O)cc1)NC(=O)Cc1cccc([N+](=O)[O-])c1)C(=O)O. The second-order valence-electron chi connectivity index (χ2n) is 8.68. The van der Waals surface area contributed by atoms with E-state index in [0.717, 1.165) is 0 Å². The number of nitrogens with zero attached hydrogens (tertiary/aromatic N) is 1. The number of hydrogen-bond donors (Lipinski definition) is 5. The molecule has 13 nitrogen and oxygen atoms in total. The summed E-state index contributed by atoms with van der Waals surface area (Å²) in [6.07, 6.45) is -0.199. The highest BCUT2D eigenvalue weighted by molar-refractivity contribution is 7.46. The maximum Gasteiger partial charge on any atom is 0.524 e. The second kappa shape index (κ2) is 12.9. The number of amides is 2. The number of carbonyl (C=O) groups excluding carboxylic acids is 2. The Morgan fingerprint density at radius 2 is 1.68 bits per heavy atom. The van der Waals surface area contributed by atoms with E-state index in [2.05, 4.69) is 15.2 Å².